The van der Waals surface area contributed by atoms with Crippen LogP contribution in [-0.2, 0) is 4.74 Å². The quantitative estimate of drug-likeness (QED) is 0.731. The Bertz CT molecular complexity index is 371. The molecule has 1 aliphatic rings. The van der Waals surface area contributed by atoms with Crippen molar-refractivity contribution < 1.29 is 9.47 Å². The molecule has 0 bridgehead atoms. The first-order chi connectivity index (χ1) is 9.20. The van der Waals surface area contributed by atoms with E-state index < -0.39 is 0 Å². The van der Waals surface area contributed by atoms with Crippen LogP contribution in [0, 0.1) is 5.92 Å². The fourth-order valence-electron chi connectivity index (χ4n) is 2.31. The molecular weight excluding hydrogens is 238 g/mol. The van der Waals surface area contributed by atoms with Crippen molar-refractivity contribution >= 4 is 0 Å². The Morgan fingerprint density at radius 3 is 2.42 bits per heavy atom. The lowest BCUT2D eigenvalue weighted by Crippen LogP contribution is -2.27. The molecule has 1 atom stereocenters. The Morgan fingerprint density at radius 1 is 1.21 bits per heavy atom. The van der Waals surface area contributed by atoms with Gasteiger partial charge in [0.05, 0.1) is 19.8 Å². The third-order valence-electron chi connectivity index (χ3n) is 3.49. The average molecular weight is 263 g/mol. The molecular formula is C16H25NO2. The molecule has 0 aromatic heterocycles. The summed E-state index contributed by atoms with van der Waals surface area (Å²) in [6.07, 6.45) is 2.96. The molecule has 0 radical (unpaired) electrons. The number of rotatable bonds is 8. The number of benzene rings is 1. The first-order valence-electron chi connectivity index (χ1n) is 7.19. The Labute approximate surface area is 116 Å². The highest BCUT2D eigenvalue weighted by molar-refractivity contribution is 5.30. The van der Waals surface area contributed by atoms with Crippen LogP contribution in [0.1, 0.15) is 38.3 Å². The smallest absolute Gasteiger partial charge is 0.118 e. The minimum Gasteiger partial charge on any atom is -0.497 e. The second-order valence-corrected chi connectivity index (χ2v) is 5.46. The van der Waals surface area contributed by atoms with E-state index in [9.17, 15) is 0 Å². The van der Waals surface area contributed by atoms with E-state index >= 15 is 0 Å². The van der Waals surface area contributed by atoms with Gasteiger partial charge in [-0.3, -0.25) is 0 Å². The summed E-state index contributed by atoms with van der Waals surface area (Å²) >= 11 is 0. The molecule has 1 aliphatic carbocycles. The van der Waals surface area contributed by atoms with Crippen LogP contribution in [0.2, 0.25) is 0 Å². The molecule has 3 nitrogen and oxygen atoms in total. The largest absolute Gasteiger partial charge is 0.497 e. The zero-order valence-corrected chi connectivity index (χ0v) is 12.2. The summed E-state index contributed by atoms with van der Waals surface area (Å²) in [4.78, 5) is 0. The molecule has 1 aromatic rings. The van der Waals surface area contributed by atoms with Gasteiger partial charge in [0, 0.05) is 12.6 Å². The van der Waals surface area contributed by atoms with Gasteiger partial charge < -0.3 is 14.8 Å². The second kappa shape index (κ2) is 6.92. The van der Waals surface area contributed by atoms with Gasteiger partial charge in [-0.25, -0.2) is 0 Å². The van der Waals surface area contributed by atoms with E-state index in [4.69, 9.17) is 9.47 Å². The molecule has 0 amide bonds. The molecule has 1 unspecified atom stereocenters. The van der Waals surface area contributed by atoms with Crippen LogP contribution in [0.15, 0.2) is 24.3 Å². The maximum atomic E-state index is 5.58. The van der Waals surface area contributed by atoms with Crippen LogP contribution in [0.3, 0.4) is 0 Å². The summed E-state index contributed by atoms with van der Waals surface area (Å²) < 4.78 is 10.8. The molecule has 0 spiro atoms. The standard InChI is InChI=1S/C16H25NO2/c1-12(2)19-11-10-17-16(13-4-5-13)14-6-8-15(18-3)9-7-14/h6-9,12-13,16-17H,4-5,10-11H2,1-3H3. The minimum absolute atomic E-state index is 0.308. The van der Waals surface area contributed by atoms with E-state index in [0.717, 1.165) is 24.8 Å². The van der Waals surface area contributed by atoms with Gasteiger partial charge in [0.25, 0.3) is 0 Å². The summed E-state index contributed by atoms with van der Waals surface area (Å²) in [5, 5.41) is 3.62. The van der Waals surface area contributed by atoms with E-state index in [1.807, 2.05) is 12.1 Å². The van der Waals surface area contributed by atoms with Crippen molar-refractivity contribution in [2.75, 3.05) is 20.3 Å². The van der Waals surface area contributed by atoms with Crippen molar-refractivity contribution in [2.24, 2.45) is 5.92 Å². The highest BCUT2D eigenvalue weighted by Gasteiger charge is 2.31. The normalized spacial score (nSPS) is 16.6. The number of hydrogen-bond donors (Lipinski definition) is 1. The molecule has 0 heterocycles. The predicted octanol–water partition coefficient (Wildman–Crippen LogP) is 3.16. The van der Waals surface area contributed by atoms with Crippen LogP contribution < -0.4 is 10.1 Å². The predicted molar refractivity (Wildman–Crippen MR) is 77.5 cm³/mol. The van der Waals surface area contributed by atoms with Crippen LogP contribution in [0.5, 0.6) is 5.75 Å². The summed E-state index contributed by atoms with van der Waals surface area (Å²) in [6.45, 7) is 5.83. The molecule has 1 fully saturated rings. The van der Waals surface area contributed by atoms with E-state index in [2.05, 4.69) is 31.3 Å². The second-order valence-electron chi connectivity index (χ2n) is 5.46. The van der Waals surface area contributed by atoms with Gasteiger partial charge in [-0.2, -0.15) is 0 Å². The first-order valence-corrected chi connectivity index (χ1v) is 7.19. The average Bonchev–Trinajstić information content (AvgIpc) is 3.23. The summed E-state index contributed by atoms with van der Waals surface area (Å²) in [5.41, 5.74) is 1.35. The van der Waals surface area contributed by atoms with Crippen molar-refractivity contribution in [3.8, 4) is 5.75 Å². The first kappa shape index (κ1) is 14.4. The topological polar surface area (TPSA) is 30.5 Å². The van der Waals surface area contributed by atoms with Crippen molar-refractivity contribution in [1.82, 2.24) is 5.32 Å². The van der Waals surface area contributed by atoms with E-state index in [1.54, 1.807) is 7.11 Å². The van der Waals surface area contributed by atoms with Crippen LogP contribution in [0.4, 0.5) is 0 Å². The van der Waals surface area contributed by atoms with Crippen molar-refractivity contribution in [3.05, 3.63) is 29.8 Å². The lowest BCUT2D eigenvalue weighted by Gasteiger charge is -2.19. The summed E-state index contributed by atoms with van der Waals surface area (Å²) in [5.74, 6) is 1.70. The minimum atomic E-state index is 0.308. The maximum absolute atomic E-state index is 5.58. The van der Waals surface area contributed by atoms with Crippen LogP contribution in [-0.4, -0.2) is 26.4 Å². The fraction of sp³-hybridized carbons (Fsp3) is 0.625. The monoisotopic (exact) mass is 263 g/mol. The van der Waals surface area contributed by atoms with E-state index in [1.165, 1.54) is 18.4 Å². The van der Waals surface area contributed by atoms with Gasteiger partial charge in [-0.15, -0.1) is 0 Å². The van der Waals surface area contributed by atoms with E-state index in [-0.39, 0.29) is 0 Å². The van der Waals surface area contributed by atoms with Gasteiger partial charge in [-0.05, 0) is 50.3 Å². The van der Waals surface area contributed by atoms with Gasteiger partial charge in [0.2, 0.25) is 0 Å². The molecule has 0 saturated heterocycles. The summed E-state index contributed by atoms with van der Waals surface area (Å²) in [6, 6.07) is 8.87. The Balaban J connectivity index is 1.88. The van der Waals surface area contributed by atoms with Gasteiger partial charge in [0.1, 0.15) is 5.75 Å². The molecule has 3 heteroatoms. The molecule has 1 aromatic carbocycles. The number of nitrogens with one attached hydrogen (secondary N) is 1. The Morgan fingerprint density at radius 2 is 1.89 bits per heavy atom. The third-order valence-corrected chi connectivity index (χ3v) is 3.49. The van der Waals surface area contributed by atoms with Crippen LogP contribution in [0.25, 0.3) is 0 Å². The molecule has 2 rings (SSSR count). The SMILES string of the molecule is COc1ccc(C(NCCOC(C)C)C2CC2)cc1. The highest BCUT2D eigenvalue weighted by atomic mass is 16.5. The van der Waals surface area contributed by atoms with Crippen LogP contribution >= 0.6 is 0 Å². The molecule has 0 aliphatic heterocycles. The third kappa shape index (κ3) is 4.51. The zero-order valence-electron chi connectivity index (χ0n) is 12.2. The molecule has 1 saturated carbocycles. The number of methoxy groups -OCH3 is 1. The Hall–Kier alpha value is -1.06. The lowest BCUT2D eigenvalue weighted by atomic mass is 10.0. The summed E-state index contributed by atoms with van der Waals surface area (Å²) in [7, 11) is 1.70. The highest BCUT2D eigenvalue weighted by Crippen LogP contribution is 2.41. The van der Waals surface area contributed by atoms with Crippen molar-refractivity contribution in [1.29, 1.82) is 0 Å². The zero-order chi connectivity index (χ0) is 13.7. The van der Waals surface area contributed by atoms with Crippen molar-refractivity contribution in [3.63, 3.8) is 0 Å². The van der Waals surface area contributed by atoms with Gasteiger partial charge in [0.15, 0.2) is 0 Å². The van der Waals surface area contributed by atoms with E-state index in [0.29, 0.717) is 12.1 Å². The van der Waals surface area contributed by atoms with Gasteiger partial charge >= 0.3 is 0 Å². The molecule has 106 valence electrons. The Kier molecular flexibility index (Phi) is 5.23. The fourth-order valence-corrected chi connectivity index (χ4v) is 2.31. The molecule has 1 N–H and O–H groups in total. The van der Waals surface area contributed by atoms with Gasteiger partial charge in [-0.1, -0.05) is 12.1 Å². The number of hydrogen-bond acceptors (Lipinski definition) is 3. The lowest BCUT2D eigenvalue weighted by molar-refractivity contribution is 0.0789. The molecule has 19 heavy (non-hydrogen) atoms. The maximum Gasteiger partial charge on any atom is 0.118 e. The van der Waals surface area contributed by atoms with Crippen molar-refractivity contribution in [2.45, 2.75) is 38.8 Å². The number of ether oxygens (including phenoxy) is 2.